The Morgan fingerprint density at radius 3 is 2.70 bits per heavy atom. The number of aryl methyl sites for hydroxylation is 1. The Labute approximate surface area is 119 Å². The lowest BCUT2D eigenvalue weighted by molar-refractivity contribution is 0.0301. The number of aliphatic hydroxyl groups is 1. The third kappa shape index (κ3) is 3.11. The second-order valence-corrected chi connectivity index (χ2v) is 5.16. The zero-order valence-corrected chi connectivity index (χ0v) is 12.3. The molecule has 0 radical (unpaired) electrons. The number of aromatic nitrogens is 2. The van der Waals surface area contributed by atoms with E-state index in [1.807, 2.05) is 43.8 Å². The minimum Gasteiger partial charge on any atom is -0.467 e. The van der Waals surface area contributed by atoms with Gasteiger partial charge in [0.2, 0.25) is 0 Å². The van der Waals surface area contributed by atoms with Crippen LogP contribution in [0.25, 0.3) is 0 Å². The van der Waals surface area contributed by atoms with Crippen LogP contribution in [0.1, 0.15) is 44.3 Å². The van der Waals surface area contributed by atoms with Crippen LogP contribution in [0.4, 0.5) is 0 Å². The van der Waals surface area contributed by atoms with Crippen molar-refractivity contribution in [2.75, 3.05) is 6.54 Å². The lowest BCUT2D eigenvalue weighted by Gasteiger charge is -2.28. The van der Waals surface area contributed by atoms with Gasteiger partial charge in [0.25, 0.3) is 0 Å². The molecule has 0 aliphatic carbocycles. The highest BCUT2D eigenvalue weighted by Gasteiger charge is 2.27. The van der Waals surface area contributed by atoms with Gasteiger partial charge in [-0.05, 0) is 25.0 Å². The van der Waals surface area contributed by atoms with E-state index in [0.717, 1.165) is 11.6 Å². The maximum atomic E-state index is 10.4. The first-order chi connectivity index (χ1) is 9.59. The minimum absolute atomic E-state index is 0.158. The molecule has 5 nitrogen and oxygen atoms in total. The molecule has 2 heterocycles. The fourth-order valence-electron chi connectivity index (χ4n) is 2.22. The highest BCUT2D eigenvalue weighted by molar-refractivity contribution is 5.15. The molecule has 0 saturated heterocycles. The number of hydrogen-bond acceptors (Lipinski definition) is 4. The largest absolute Gasteiger partial charge is 0.467 e. The van der Waals surface area contributed by atoms with Gasteiger partial charge in [0, 0.05) is 26.0 Å². The molecule has 2 N–H and O–H groups in total. The Morgan fingerprint density at radius 2 is 2.20 bits per heavy atom. The molecule has 2 aromatic rings. The molecular weight excluding hydrogens is 254 g/mol. The fraction of sp³-hybridized carbons (Fsp3) is 0.533. The lowest BCUT2D eigenvalue weighted by atomic mass is 9.97. The van der Waals surface area contributed by atoms with Crippen LogP contribution in [0, 0.1) is 0 Å². The Balaban J connectivity index is 2.19. The van der Waals surface area contributed by atoms with Gasteiger partial charge in [0.1, 0.15) is 17.6 Å². The molecule has 5 heteroatoms. The first kappa shape index (κ1) is 14.8. The maximum absolute atomic E-state index is 10.4. The normalized spacial score (nSPS) is 13.6. The molecule has 0 fully saturated rings. The second kappa shape index (κ2) is 6.24. The first-order valence-corrected chi connectivity index (χ1v) is 7.06. The maximum Gasteiger partial charge on any atom is 0.133 e. The van der Waals surface area contributed by atoms with Gasteiger partial charge in [0.15, 0.2) is 0 Å². The van der Waals surface area contributed by atoms with Crippen molar-refractivity contribution >= 4 is 0 Å². The average molecular weight is 277 g/mol. The minimum atomic E-state index is -0.698. The summed E-state index contributed by atoms with van der Waals surface area (Å²) in [6.45, 7) is 4.49. The van der Waals surface area contributed by atoms with Crippen LogP contribution in [0.15, 0.2) is 35.2 Å². The van der Waals surface area contributed by atoms with Crippen molar-refractivity contribution in [2.24, 2.45) is 7.05 Å². The van der Waals surface area contributed by atoms with E-state index in [4.69, 9.17) is 4.42 Å². The van der Waals surface area contributed by atoms with Crippen LogP contribution in [0.3, 0.4) is 0 Å². The van der Waals surface area contributed by atoms with Gasteiger partial charge in [-0.3, -0.25) is 5.32 Å². The van der Waals surface area contributed by atoms with Gasteiger partial charge in [-0.2, -0.15) is 0 Å². The van der Waals surface area contributed by atoms with Gasteiger partial charge in [-0.25, -0.2) is 4.98 Å². The molecule has 0 aliphatic rings. The summed E-state index contributed by atoms with van der Waals surface area (Å²) in [5, 5.41) is 13.8. The highest BCUT2D eigenvalue weighted by atomic mass is 16.3. The molecule has 20 heavy (non-hydrogen) atoms. The van der Waals surface area contributed by atoms with Crippen molar-refractivity contribution in [1.29, 1.82) is 0 Å². The van der Waals surface area contributed by atoms with E-state index in [1.54, 1.807) is 12.5 Å². The summed E-state index contributed by atoms with van der Waals surface area (Å²) in [6, 6.07) is 3.62. The van der Waals surface area contributed by atoms with Gasteiger partial charge in [-0.15, -0.1) is 0 Å². The second-order valence-electron chi connectivity index (χ2n) is 5.16. The Morgan fingerprint density at radius 1 is 1.45 bits per heavy atom. The van der Waals surface area contributed by atoms with Gasteiger partial charge < -0.3 is 14.1 Å². The number of nitrogens with one attached hydrogen (secondary N) is 1. The van der Waals surface area contributed by atoms with Gasteiger partial charge in [0.05, 0.1) is 11.9 Å². The zero-order valence-electron chi connectivity index (χ0n) is 12.3. The molecule has 2 rings (SSSR count). The third-order valence-electron chi connectivity index (χ3n) is 3.90. The molecule has 0 bridgehead atoms. The molecular formula is C15H23N3O2. The summed E-state index contributed by atoms with van der Waals surface area (Å²) in [7, 11) is 1.95. The quantitative estimate of drug-likeness (QED) is 0.814. The van der Waals surface area contributed by atoms with Crippen LogP contribution in [0.2, 0.25) is 0 Å². The van der Waals surface area contributed by atoms with E-state index in [0.29, 0.717) is 19.4 Å². The Hall–Kier alpha value is -1.59. The van der Waals surface area contributed by atoms with Crippen LogP contribution < -0.4 is 5.32 Å². The standard InChI is InChI=1S/C15H23N3O2/c1-4-15(19,5-2)11-17-13(12-7-6-10-20-12)14-16-8-9-18(14)3/h6-10,13,17,19H,4-5,11H2,1-3H3. The Kier molecular flexibility index (Phi) is 4.62. The smallest absolute Gasteiger partial charge is 0.133 e. The molecule has 0 aromatic carbocycles. The fourth-order valence-corrected chi connectivity index (χ4v) is 2.22. The molecule has 1 atom stereocenters. The molecule has 0 aliphatic heterocycles. The third-order valence-corrected chi connectivity index (χ3v) is 3.90. The van der Waals surface area contributed by atoms with Crippen molar-refractivity contribution in [1.82, 2.24) is 14.9 Å². The summed E-state index contributed by atoms with van der Waals surface area (Å²) >= 11 is 0. The predicted molar refractivity (Wildman–Crippen MR) is 77.3 cm³/mol. The van der Waals surface area contributed by atoms with Crippen LogP contribution in [-0.2, 0) is 7.05 Å². The monoisotopic (exact) mass is 277 g/mol. The molecule has 2 aromatic heterocycles. The SMILES string of the molecule is CCC(O)(CC)CNC(c1ccco1)c1nccn1C. The van der Waals surface area contributed by atoms with E-state index in [9.17, 15) is 5.11 Å². The Bertz CT molecular complexity index is 515. The summed E-state index contributed by atoms with van der Waals surface area (Å²) < 4.78 is 7.46. The number of furan rings is 1. The van der Waals surface area contributed by atoms with Crippen molar-refractivity contribution in [3.05, 3.63) is 42.4 Å². The van der Waals surface area contributed by atoms with Gasteiger partial charge in [-0.1, -0.05) is 13.8 Å². The van der Waals surface area contributed by atoms with Crippen LogP contribution in [-0.4, -0.2) is 26.8 Å². The average Bonchev–Trinajstić information content (AvgIpc) is 3.12. The van der Waals surface area contributed by atoms with E-state index in [1.165, 1.54) is 0 Å². The molecule has 110 valence electrons. The van der Waals surface area contributed by atoms with Gasteiger partial charge >= 0.3 is 0 Å². The topological polar surface area (TPSA) is 63.2 Å². The highest BCUT2D eigenvalue weighted by Crippen LogP contribution is 2.22. The van der Waals surface area contributed by atoms with Crippen molar-refractivity contribution in [3.63, 3.8) is 0 Å². The van der Waals surface area contributed by atoms with Crippen LogP contribution >= 0.6 is 0 Å². The van der Waals surface area contributed by atoms with E-state index >= 15 is 0 Å². The number of rotatable bonds is 7. The van der Waals surface area contributed by atoms with E-state index < -0.39 is 5.60 Å². The lowest BCUT2D eigenvalue weighted by Crippen LogP contribution is -2.41. The van der Waals surface area contributed by atoms with Crippen molar-refractivity contribution in [3.8, 4) is 0 Å². The predicted octanol–water partition coefficient (Wildman–Crippen LogP) is 2.24. The first-order valence-electron chi connectivity index (χ1n) is 7.06. The summed E-state index contributed by atoms with van der Waals surface area (Å²) in [5.41, 5.74) is -0.698. The number of imidazole rings is 1. The van der Waals surface area contributed by atoms with Crippen molar-refractivity contribution < 1.29 is 9.52 Å². The summed E-state index contributed by atoms with van der Waals surface area (Å²) in [5.74, 6) is 1.67. The van der Waals surface area contributed by atoms with Crippen LogP contribution in [0.5, 0.6) is 0 Å². The summed E-state index contributed by atoms with van der Waals surface area (Å²) in [6.07, 6.45) is 6.74. The molecule has 0 saturated carbocycles. The zero-order chi connectivity index (χ0) is 14.6. The van der Waals surface area contributed by atoms with Crippen molar-refractivity contribution in [2.45, 2.75) is 38.3 Å². The summed E-state index contributed by atoms with van der Waals surface area (Å²) in [4.78, 5) is 4.38. The molecule has 0 amide bonds. The van der Waals surface area contributed by atoms with E-state index in [2.05, 4.69) is 10.3 Å². The molecule has 1 unspecified atom stereocenters. The van der Waals surface area contributed by atoms with E-state index in [-0.39, 0.29) is 6.04 Å². The number of hydrogen-bond donors (Lipinski definition) is 2. The number of nitrogens with zero attached hydrogens (tertiary/aromatic N) is 2. The molecule has 0 spiro atoms.